The number of aryl methyl sites for hydroxylation is 1. The lowest BCUT2D eigenvalue weighted by Gasteiger charge is -2.08. The predicted molar refractivity (Wildman–Crippen MR) is 108 cm³/mol. The number of furan rings is 1. The highest BCUT2D eigenvalue weighted by atomic mass is 79.9. The number of rotatable bonds is 6. The van der Waals surface area contributed by atoms with Crippen LogP contribution in [0.1, 0.15) is 27.2 Å². The molecular weight excluding hydrogens is 408 g/mol. The summed E-state index contributed by atoms with van der Waals surface area (Å²) in [6.45, 7) is 2.54. The van der Waals surface area contributed by atoms with Crippen LogP contribution in [0.5, 0.6) is 0 Å². The van der Waals surface area contributed by atoms with Crippen LogP contribution in [0, 0.1) is 6.92 Å². The summed E-state index contributed by atoms with van der Waals surface area (Å²) >= 11 is 3.17. The molecule has 1 aromatic heterocycles. The molecule has 0 saturated heterocycles. The molecule has 0 aliphatic heterocycles. The number of benzene rings is 2. The van der Waals surface area contributed by atoms with Crippen LogP contribution in [0.25, 0.3) is 0 Å². The van der Waals surface area contributed by atoms with Crippen molar-refractivity contribution in [2.75, 3.05) is 5.32 Å². The number of hydrogen-bond donors (Lipinski definition) is 2. The molecule has 2 N–H and O–H groups in total. The Morgan fingerprint density at radius 3 is 2.41 bits per heavy atom. The van der Waals surface area contributed by atoms with Gasteiger partial charge in [-0.2, -0.15) is 0 Å². The minimum absolute atomic E-state index is 0.0459. The second-order valence-corrected chi connectivity index (χ2v) is 6.92. The number of hydrogen-bond acceptors (Lipinski definition) is 3. The van der Waals surface area contributed by atoms with E-state index in [-0.39, 0.29) is 24.0 Å². The molecule has 0 bridgehead atoms. The predicted octanol–water partition coefficient (Wildman–Crippen LogP) is 4.46. The molecular formula is C21H19BrN2O3. The van der Waals surface area contributed by atoms with Gasteiger partial charge in [0, 0.05) is 12.2 Å². The Labute approximate surface area is 165 Å². The number of nitrogens with one attached hydrogen (secondary N) is 2. The molecule has 6 heteroatoms. The van der Waals surface area contributed by atoms with Crippen LogP contribution in [0.3, 0.4) is 0 Å². The third-order valence-corrected chi connectivity index (χ3v) is 4.54. The molecule has 2 amide bonds. The van der Waals surface area contributed by atoms with E-state index in [9.17, 15) is 9.59 Å². The molecule has 1 heterocycles. The molecule has 27 heavy (non-hydrogen) atoms. The second-order valence-electron chi connectivity index (χ2n) is 6.13. The van der Waals surface area contributed by atoms with Gasteiger partial charge in [-0.3, -0.25) is 9.59 Å². The first kappa shape index (κ1) is 18.9. The molecule has 3 aromatic rings. The summed E-state index contributed by atoms with van der Waals surface area (Å²) in [6.07, 6.45) is 0.283. The molecule has 0 aliphatic carbocycles. The van der Waals surface area contributed by atoms with Gasteiger partial charge in [-0.25, -0.2) is 0 Å². The van der Waals surface area contributed by atoms with E-state index in [1.165, 1.54) is 0 Å². The first-order valence-corrected chi connectivity index (χ1v) is 9.27. The third kappa shape index (κ3) is 5.31. The van der Waals surface area contributed by atoms with Gasteiger partial charge in [0.1, 0.15) is 0 Å². The number of anilines is 1. The Balaban J connectivity index is 1.52. The quantitative estimate of drug-likeness (QED) is 0.610. The standard InChI is InChI=1S/C21H19BrN2O3/c1-14-4-2-3-5-16(14)13-23-20(25)12-15-6-8-17(9-7-15)24-21(26)18-10-11-19(22)27-18/h2-11H,12-13H2,1H3,(H,23,25)(H,24,26). The van der Waals surface area contributed by atoms with E-state index >= 15 is 0 Å². The van der Waals surface area contributed by atoms with Crippen molar-refractivity contribution >= 4 is 33.4 Å². The normalized spacial score (nSPS) is 10.4. The van der Waals surface area contributed by atoms with Gasteiger partial charge in [0.2, 0.25) is 5.91 Å². The zero-order valence-electron chi connectivity index (χ0n) is 14.8. The highest BCUT2D eigenvalue weighted by Crippen LogP contribution is 2.16. The molecule has 0 fully saturated rings. The zero-order valence-corrected chi connectivity index (χ0v) is 16.4. The second kappa shape index (κ2) is 8.68. The zero-order chi connectivity index (χ0) is 19.2. The molecule has 0 unspecified atom stereocenters. The SMILES string of the molecule is Cc1ccccc1CNC(=O)Cc1ccc(NC(=O)c2ccc(Br)o2)cc1. The van der Waals surface area contributed by atoms with Crippen LogP contribution in [-0.2, 0) is 17.8 Å². The smallest absolute Gasteiger partial charge is 0.291 e. The number of carbonyl (C=O) groups excluding carboxylic acids is 2. The molecule has 0 aliphatic rings. The van der Waals surface area contributed by atoms with E-state index in [0.29, 0.717) is 16.9 Å². The molecule has 5 nitrogen and oxygen atoms in total. The molecule has 0 spiro atoms. The lowest BCUT2D eigenvalue weighted by molar-refractivity contribution is -0.120. The van der Waals surface area contributed by atoms with E-state index in [0.717, 1.165) is 16.7 Å². The minimum atomic E-state index is -0.329. The average Bonchev–Trinajstić information content (AvgIpc) is 3.09. The maximum absolute atomic E-state index is 12.1. The van der Waals surface area contributed by atoms with Gasteiger partial charge < -0.3 is 15.1 Å². The van der Waals surface area contributed by atoms with Crippen molar-refractivity contribution in [2.24, 2.45) is 0 Å². The van der Waals surface area contributed by atoms with E-state index in [2.05, 4.69) is 26.6 Å². The van der Waals surface area contributed by atoms with Crippen molar-refractivity contribution in [3.05, 3.63) is 87.8 Å². The number of amides is 2. The number of halogens is 1. The van der Waals surface area contributed by atoms with Gasteiger partial charge in [-0.1, -0.05) is 36.4 Å². The van der Waals surface area contributed by atoms with Crippen LogP contribution in [-0.4, -0.2) is 11.8 Å². The van der Waals surface area contributed by atoms with Crippen molar-refractivity contribution < 1.29 is 14.0 Å². The van der Waals surface area contributed by atoms with E-state index in [1.807, 2.05) is 43.3 Å². The van der Waals surface area contributed by atoms with Gasteiger partial charge in [-0.05, 0) is 63.8 Å². The fourth-order valence-electron chi connectivity index (χ4n) is 2.59. The molecule has 0 radical (unpaired) electrons. The fraction of sp³-hybridized carbons (Fsp3) is 0.143. The molecule has 0 atom stereocenters. The Kier molecular flexibility index (Phi) is 6.08. The molecule has 138 valence electrons. The van der Waals surface area contributed by atoms with Crippen molar-refractivity contribution in [1.29, 1.82) is 0 Å². The van der Waals surface area contributed by atoms with E-state index < -0.39 is 0 Å². The highest BCUT2D eigenvalue weighted by Gasteiger charge is 2.11. The van der Waals surface area contributed by atoms with Crippen molar-refractivity contribution in [3.8, 4) is 0 Å². The first-order chi connectivity index (χ1) is 13.0. The monoisotopic (exact) mass is 426 g/mol. The summed E-state index contributed by atoms with van der Waals surface area (Å²) in [7, 11) is 0. The van der Waals surface area contributed by atoms with E-state index in [4.69, 9.17) is 4.42 Å². The largest absolute Gasteiger partial charge is 0.444 e. The van der Waals surface area contributed by atoms with Crippen LogP contribution in [0.15, 0.2) is 69.8 Å². The summed E-state index contributed by atoms with van der Waals surface area (Å²) in [6, 6.07) is 18.4. The topological polar surface area (TPSA) is 71.3 Å². The Hall–Kier alpha value is -2.86. The highest BCUT2D eigenvalue weighted by molar-refractivity contribution is 9.10. The first-order valence-electron chi connectivity index (χ1n) is 8.48. The summed E-state index contributed by atoms with van der Waals surface area (Å²) in [5.41, 5.74) is 3.77. The van der Waals surface area contributed by atoms with Crippen molar-refractivity contribution in [2.45, 2.75) is 19.9 Å². The van der Waals surface area contributed by atoms with Crippen LogP contribution >= 0.6 is 15.9 Å². The van der Waals surface area contributed by atoms with Crippen molar-refractivity contribution in [1.82, 2.24) is 5.32 Å². The Morgan fingerprint density at radius 2 is 1.74 bits per heavy atom. The van der Waals surface area contributed by atoms with Crippen molar-refractivity contribution in [3.63, 3.8) is 0 Å². The fourth-order valence-corrected chi connectivity index (χ4v) is 2.89. The van der Waals surface area contributed by atoms with Gasteiger partial charge in [0.05, 0.1) is 6.42 Å². The maximum Gasteiger partial charge on any atom is 0.291 e. The lowest BCUT2D eigenvalue weighted by Crippen LogP contribution is -2.24. The lowest BCUT2D eigenvalue weighted by atomic mass is 10.1. The van der Waals surface area contributed by atoms with Crippen LogP contribution in [0.2, 0.25) is 0 Å². The summed E-state index contributed by atoms with van der Waals surface area (Å²) in [5.74, 6) is -0.151. The van der Waals surface area contributed by atoms with Crippen LogP contribution in [0.4, 0.5) is 5.69 Å². The summed E-state index contributed by atoms with van der Waals surface area (Å²) in [4.78, 5) is 24.2. The van der Waals surface area contributed by atoms with Gasteiger partial charge in [0.25, 0.3) is 5.91 Å². The minimum Gasteiger partial charge on any atom is -0.444 e. The average molecular weight is 427 g/mol. The Morgan fingerprint density at radius 1 is 1.00 bits per heavy atom. The molecule has 0 saturated carbocycles. The van der Waals surface area contributed by atoms with Gasteiger partial charge in [-0.15, -0.1) is 0 Å². The molecule has 2 aromatic carbocycles. The van der Waals surface area contributed by atoms with Gasteiger partial charge >= 0.3 is 0 Å². The van der Waals surface area contributed by atoms with Gasteiger partial charge in [0.15, 0.2) is 10.4 Å². The molecule has 3 rings (SSSR count). The summed E-state index contributed by atoms with van der Waals surface area (Å²) in [5, 5.41) is 5.68. The Bertz CT molecular complexity index is 948. The van der Waals surface area contributed by atoms with Crippen LogP contribution < -0.4 is 10.6 Å². The third-order valence-electron chi connectivity index (χ3n) is 4.11. The summed E-state index contributed by atoms with van der Waals surface area (Å²) < 4.78 is 5.72. The maximum atomic E-state index is 12.1. The van der Waals surface area contributed by atoms with E-state index in [1.54, 1.807) is 24.3 Å². The number of carbonyl (C=O) groups is 2.